The first-order chi connectivity index (χ1) is 10.3. The lowest BCUT2D eigenvalue weighted by molar-refractivity contribution is -0.556. The van der Waals surface area contributed by atoms with Gasteiger partial charge in [0.15, 0.2) is 5.11 Å². The van der Waals surface area contributed by atoms with Crippen LogP contribution in [0.25, 0.3) is 0 Å². The molecule has 0 spiro atoms. The largest absolute Gasteiger partial charge is 0.483 e. The van der Waals surface area contributed by atoms with Crippen molar-refractivity contribution in [2.75, 3.05) is 19.3 Å². The molecule has 0 radical (unpaired) electrons. The van der Waals surface area contributed by atoms with Gasteiger partial charge in [0, 0.05) is 4.92 Å². The molecule has 1 aliphatic carbocycles. The lowest BCUT2D eigenvalue weighted by Gasteiger charge is -2.29. The molecular weight excluding hydrogens is 332 g/mol. The number of hydrogen-bond acceptors (Lipinski definition) is 8. The van der Waals surface area contributed by atoms with Gasteiger partial charge in [-0.1, -0.05) is 0 Å². The molecule has 0 saturated carbocycles. The van der Waals surface area contributed by atoms with Crippen LogP contribution in [0.2, 0.25) is 0 Å². The monoisotopic (exact) mass is 348 g/mol. The fraction of sp³-hybridized carbons (Fsp3) is 0.455. The van der Waals surface area contributed by atoms with Gasteiger partial charge in [-0.25, -0.2) is 4.79 Å². The van der Waals surface area contributed by atoms with Crippen molar-refractivity contribution in [3.8, 4) is 0 Å². The van der Waals surface area contributed by atoms with Gasteiger partial charge in [0.2, 0.25) is 0 Å². The fourth-order valence-corrected chi connectivity index (χ4v) is 2.04. The first-order valence-electron chi connectivity index (χ1n) is 5.95. The first kappa shape index (κ1) is 18.2. The lowest BCUT2D eigenvalue weighted by atomic mass is 9.96. The number of methoxy groups -OCH3 is 1. The van der Waals surface area contributed by atoms with E-state index in [2.05, 4.69) is 15.4 Å². The number of hydrogen-bond donors (Lipinski definition) is 3. The molecule has 0 aromatic heterocycles. The minimum absolute atomic E-state index is 0.139. The Morgan fingerprint density at radius 2 is 2.36 bits per heavy atom. The number of nitrogens with zero attached hydrogens (tertiary/aromatic N) is 1. The van der Waals surface area contributed by atoms with Crippen LogP contribution in [0.1, 0.15) is 0 Å². The normalized spacial score (nSPS) is 23.2. The zero-order chi connectivity index (χ0) is 16.8. The predicted octanol–water partition coefficient (Wildman–Crippen LogP) is 0.308. The zero-order valence-corrected chi connectivity index (χ0v) is 13.5. The van der Waals surface area contributed by atoms with Crippen molar-refractivity contribution in [2.24, 2.45) is 5.73 Å². The van der Waals surface area contributed by atoms with Crippen LogP contribution in [-0.4, -0.2) is 47.1 Å². The maximum absolute atomic E-state index is 11.3. The average Bonchev–Trinajstić information content (AvgIpc) is 2.47. The van der Waals surface area contributed by atoms with Crippen LogP contribution in [0.3, 0.4) is 0 Å². The van der Waals surface area contributed by atoms with Crippen molar-refractivity contribution < 1.29 is 19.2 Å². The second kappa shape index (κ2) is 7.96. The van der Waals surface area contributed by atoms with Gasteiger partial charge in [-0.05, 0) is 30.6 Å². The summed E-state index contributed by atoms with van der Waals surface area (Å²) >= 11 is 6.29. The number of thiocarbonyl (C=S) groups is 1. The molecular formula is C11H16N4O5S2. The van der Waals surface area contributed by atoms with Crippen molar-refractivity contribution in [3.05, 3.63) is 34.1 Å². The highest BCUT2D eigenvalue weighted by atomic mass is 32.2. The molecule has 1 rings (SSSR count). The predicted molar refractivity (Wildman–Crippen MR) is 85.7 cm³/mol. The second-order valence-electron chi connectivity index (χ2n) is 4.17. The molecule has 22 heavy (non-hydrogen) atoms. The van der Waals surface area contributed by atoms with Crippen LogP contribution >= 0.6 is 24.0 Å². The van der Waals surface area contributed by atoms with Crippen molar-refractivity contribution in [1.82, 2.24) is 10.6 Å². The molecule has 0 aromatic carbocycles. The van der Waals surface area contributed by atoms with Gasteiger partial charge in [-0.2, -0.15) is 0 Å². The van der Waals surface area contributed by atoms with Crippen LogP contribution in [0, 0.1) is 10.1 Å². The van der Waals surface area contributed by atoms with E-state index >= 15 is 0 Å². The molecule has 0 aliphatic heterocycles. The fourth-order valence-electron chi connectivity index (χ4n) is 1.58. The third-order valence-electron chi connectivity index (χ3n) is 2.67. The Bertz CT molecular complexity index is 525. The average molecular weight is 348 g/mol. The van der Waals surface area contributed by atoms with E-state index in [1.54, 1.807) is 6.08 Å². The van der Waals surface area contributed by atoms with E-state index in [0.29, 0.717) is 11.7 Å². The molecule has 0 saturated heterocycles. The van der Waals surface area contributed by atoms with Crippen molar-refractivity contribution in [3.63, 3.8) is 0 Å². The standard InChI is InChI=1S/C11H16N4O5S2/c1-19-10(16)14-9(21)13-8-4-3-7(20-6-22-2)5-11(8,12)15(17)18/h3-5,8H,6,12H2,1-2H3,(H2,13,14,16,21). The highest BCUT2D eigenvalue weighted by Crippen LogP contribution is 2.22. The molecule has 9 nitrogen and oxygen atoms in total. The Kier molecular flexibility index (Phi) is 6.59. The summed E-state index contributed by atoms with van der Waals surface area (Å²) in [7, 11) is 1.17. The zero-order valence-electron chi connectivity index (χ0n) is 11.9. The summed E-state index contributed by atoms with van der Waals surface area (Å²) in [5.74, 6) is 0.628. The number of thioether (sulfide) groups is 1. The van der Waals surface area contributed by atoms with Gasteiger partial charge in [0.05, 0.1) is 13.2 Å². The minimum Gasteiger partial charge on any atom is -0.483 e. The number of ether oxygens (including phenoxy) is 2. The van der Waals surface area contributed by atoms with Crippen molar-refractivity contribution >= 4 is 35.2 Å². The summed E-state index contributed by atoms with van der Waals surface area (Å²) < 4.78 is 9.69. The Hall–Kier alpha value is -1.85. The maximum Gasteiger partial charge on any atom is 0.413 e. The van der Waals surface area contributed by atoms with Crippen LogP contribution in [0.4, 0.5) is 4.79 Å². The molecule has 2 atom stereocenters. The Morgan fingerprint density at radius 1 is 1.68 bits per heavy atom. The van der Waals surface area contributed by atoms with Crippen molar-refractivity contribution in [2.45, 2.75) is 11.7 Å². The van der Waals surface area contributed by atoms with E-state index in [9.17, 15) is 14.9 Å². The molecule has 0 fully saturated rings. The number of amides is 1. The summed E-state index contributed by atoms with van der Waals surface area (Å²) in [6.45, 7) is 0. The Morgan fingerprint density at radius 3 is 2.91 bits per heavy atom. The van der Waals surface area contributed by atoms with Gasteiger partial charge in [-0.3, -0.25) is 21.2 Å². The van der Waals surface area contributed by atoms with Gasteiger partial charge in [-0.15, -0.1) is 11.8 Å². The SMILES string of the molecule is COC(=O)NC(=S)NC1C=CC(OCSC)=CC1(N)[N+](=O)[O-]. The number of carbonyl (C=O) groups excluding carboxylic acids is 1. The number of nitrogens with one attached hydrogen (secondary N) is 2. The van der Waals surface area contributed by atoms with Gasteiger partial charge in [0.1, 0.15) is 17.7 Å². The molecule has 0 bridgehead atoms. The topological polar surface area (TPSA) is 129 Å². The summed E-state index contributed by atoms with van der Waals surface area (Å²) in [5, 5.41) is 16.0. The van der Waals surface area contributed by atoms with Crippen molar-refractivity contribution in [1.29, 1.82) is 0 Å². The molecule has 0 heterocycles. The first-order valence-corrected chi connectivity index (χ1v) is 7.75. The number of alkyl carbamates (subject to hydrolysis) is 1. The molecule has 11 heteroatoms. The van der Waals surface area contributed by atoms with E-state index in [4.69, 9.17) is 22.7 Å². The smallest absolute Gasteiger partial charge is 0.413 e. The molecule has 0 aromatic rings. The van der Waals surface area contributed by atoms with E-state index in [-0.39, 0.29) is 5.11 Å². The summed E-state index contributed by atoms with van der Waals surface area (Å²) in [6.07, 6.45) is 5.23. The second-order valence-corrected chi connectivity index (χ2v) is 5.39. The van der Waals surface area contributed by atoms with Crippen LogP contribution in [0.5, 0.6) is 0 Å². The molecule has 1 amide bonds. The van der Waals surface area contributed by atoms with Gasteiger partial charge < -0.3 is 14.8 Å². The summed E-state index contributed by atoms with van der Waals surface area (Å²) in [6, 6.07) is -0.964. The quantitative estimate of drug-likeness (QED) is 0.278. The van der Waals surface area contributed by atoms with Gasteiger partial charge >= 0.3 is 11.8 Å². The highest BCUT2D eigenvalue weighted by molar-refractivity contribution is 7.98. The third kappa shape index (κ3) is 4.58. The van der Waals surface area contributed by atoms with E-state index in [1.165, 1.54) is 31.0 Å². The summed E-state index contributed by atoms with van der Waals surface area (Å²) in [4.78, 5) is 21.7. The van der Waals surface area contributed by atoms with E-state index in [0.717, 1.165) is 0 Å². The third-order valence-corrected chi connectivity index (χ3v) is 3.25. The number of allylic oxidation sites excluding steroid dienone is 1. The number of carbonyl (C=O) groups is 1. The molecule has 2 unspecified atom stereocenters. The Labute approximate surface area is 136 Å². The Balaban J connectivity index is 2.85. The molecule has 4 N–H and O–H groups in total. The van der Waals surface area contributed by atoms with Crippen LogP contribution < -0.4 is 16.4 Å². The number of nitrogens with two attached hydrogens (primary N) is 1. The number of rotatable bonds is 5. The summed E-state index contributed by atoms with van der Waals surface area (Å²) in [5.41, 5.74) is 3.87. The van der Waals surface area contributed by atoms with Crippen LogP contribution in [0.15, 0.2) is 24.0 Å². The molecule has 122 valence electrons. The lowest BCUT2D eigenvalue weighted by Crippen LogP contribution is -2.63. The molecule has 1 aliphatic rings. The van der Waals surface area contributed by atoms with E-state index < -0.39 is 22.7 Å². The number of nitro groups is 1. The highest BCUT2D eigenvalue weighted by Gasteiger charge is 2.46. The maximum atomic E-state index is 11.3. The van der Waals surface area contributed by atoms with E-state index in [1.807, 2.05) is 6.26 Å². The van der Waals surface area contributed by atoms with Crippen LogP contribution in [-0.2, 0) is 9.47 Å². The van der Waals surface area contributed by atoms with Gasteiger partial charge in [0.25, 0.3) is 0 Å². The minimum atomic E-state index is -1.97.